The zero-order valence-electron chi connectivity index (χ0n) is 21.1. The number of ether oxygens (including phenoxy) is 1. The van der Waals surface area contributed by atoms with Crippen molar-refractivity contribution in [3.8, 4) is 11.4 Å². The second-order valence-corrected chi connectivity index (χ2v) is 12.3. The lowest BCUT2D eigenvalue weighted by Gasteiger charge is -2.25. The Kier molecular flexibility index (Phi) is 6.27. The molecular formula is C28H24ClFN4O4S. The number of methoxy groups -OCH3 is 1. The first-order valence-electron chi connectivity index (χ1n) is 12.4. The highest BCUT2D eigenvalue weighted by molar-refractivity contribution is 7.90. The molecule has 4 aromatic rings. The molecule has 2 aliphatic carbocycles. The smallest absolute Gasteiger partial charge is 0.309 e. The van der Waals surface area contributed by atoms with Crippen LogP contribution in [0.4, 0.5) is 4.39 Å². The van der Waals surface area contributed by atoms with Gasteiger partial charge in [0.15, 0.2) is 17.3 Å². The Labute approximate surface area is 229 Å². The Morgan fingerprint density at radius 2 is 1.90 bits per heavy atom. The van der Waals surface area contributed by atoms with Crippen molar-refractivity contribution in [2.45, 2.75) is 24.7 Å². The number of esters is 1. The van der Waals surface area contributed by atoms with Crippen molar-refractivity contribution in [1.29, 1.82) is 0 Å². The minimum absolute atomic E-state index is 0.0648. The van der Waals surface area contributed by atoms with Gasteiger partial charge in [-0.15, -0.1) is 0 Å². The van der Waals surface area contributed by atoms with Gasteiger partial charge in [0.25, 0.3) is 10.0 Å². The van der Waals surface area contributed by atoms with E-state index in [0.29, 0.717) is 16.0 Å². The minimum atomic E-state index is -4.02. The molecular weight excluding hydrogens is 543 g/mol. The SMILES string of the molecule is COC(=O)[C@H]1C2C=CC(C2)[C@@H]1Cc1nc(-c2cn(S(=O)(=O)c3ccc(C)cc3)c3ncc(Cl)cc23)ncc1F. The van der Waals surface area contributed by atoms with Crippen LogP contribution in [-0.2, 0) is 26.0 Å². The van der Waals surface area contributed by atoms with E-state index in [2.05, 4.69) is 21.0 Å². The summed E-state index contributed by atoms with van der Waals surface area (Å²) in [7, 11) is -2.66. The van der Waals surface area contributed by atoms with Crippen LogP contribution in [0.5, 0.6) is 0 Å². The maximum Gasteiger partial charge on any atom is 0.309 e. The van der Waals surface area contributed by atoms with Crippen LogP contribution in [0, 0.1) is 36.4 Å². The van der Waals surface area contributed by atoms with Crippen molar-refractivity contribution in [3.05, 3.63) is 83.2 Å². The molecule has 2 bridgehead atoms. The largest absolute Gasteiger partial charge is 0.469 e. The molecule has 0 spiro atoms. The van der Waals surface area contributed by atoms with Crippen molar-refractivity contribution in [2.24, 2.45) is 23.7 Å². The molecule has 4 atom stereocenters. The van der Waals surface area contributed by atoms with Crippen molar-refractivity contribution in [3.63, 3.8) is 0 Å². The summed E-state index contributed by atoms with van der Waals surface area (Å²) in [5, 5.41) is 0.706. The Morgan fingerprint density at radius 1 is 1.15 bits per heavy atom. The molecule has 11 heteroatoms. The van der Waals surface area contributed by atoms with Gasteiger partial charge in [0, 0.05) is 23.3 Å². The number of hydrogen-bond acceptors (Lipinski definition) is 7. The van der Waals surface area contributed by atoms with Gasteiger partial charge in [-0.1, -0.05) is 41.4 Å². The van der Waals surface area contributed by atoms with E-state index in [1.54, 1.807) is 18.2 Å². The molecule has 3 aromatic heterocycles. The molecule has 1 aromatic carbocycles. The standard InChI is InChI=1S/C28H24ClFN4O4S/c1-15-3-7-19(8-4-15)39(36,37)34-14-22(21-10-18(29)12-32-27(21)34)26-31-13-23(30)24(33-26)11-20-16-5-6-17(9-16)25(20)28(35)38-2/h3-8,10,12-14,16-17,20,25H,9,11H2,1-2H3/t16?,17?,20-,25-/m0/s1. The van der Waals surface area contributed by atoms with Crippen LogP contribution in [0.1, 0.15) is 17.7 Å². The molecule has 6 rings (SSSR count). The molecule has 0 N–H and O–H groups in total. The number of aryl methyl sites for hydroxylation is 1. The molecule has 8 nitrogen and oxygen atoms in total. The number of halogens is 2. The summed E-state index contributed by atoms with van der Waals surface area (Å²) in [6.45, 7) is 1.87. The Balaban J connectivity index is 1.44. The molecule has 2 unspecified atom stereocenters. The summed E-state index contributed by atoms with van der Waals surface area (Å²) in [6, 6.07) is 8.07. The number of benzene rings is 1. The monoisotopic (exact) mass is 566 g/mol. The maximum atomic E-state index is 15.0. The summed E-state index contributed by atoms with van der Waals surface area (Å²) in [6.07, 6.45) is 8.96. The topological polar surface area (TPSA) is 104 Å². The molecule has 2 aliphatic rings. The number of carbonyl (C=O) groups is 1. The lowest BCUT2D eigenvalue weighted by Crippen LogP contribution is -2.30. The third-order valence-electron chi connectivity index (χ3n) is 7.74. The number of rotatable bonds is 6. The molecule has 3 heterocycles. The number of hydrogen-bond donors (Lipinski definition) is 0. The van der Waals surface area contributed by atoms with Gasteiger partial charge in [0.2, 0.25) is 0 Å². The molecule has 200 valence electrons. The van der Waals surface area contributed by atoms with E-state index >= 15 is 4.39 Å². The Hall–Kier alpha value is -3.63. The van der Waals surface area contributed by atoms with E-state index in [0.717, 1.165) is 22.2 Å². The molecule has 1 saturated carbocycles. The van der Waals surface area contributed by atoms with Crippen LogP contribution in [0.25, 0.3) is 22.4 Å². The molecule has 0 amide bonds. The second-order valence-electron chi connectivity index (χ2n) is 10.0. The van der Waals surface area contributed by atoms with Gasteiger partial charge in [-0.3, -0.25) is 4.79 Å². The van der Waals surface area contributed by atoms with Gasteiger partial charge < -0.3 is 4.74 Å². The van der Waals surface area contributed by atoms with E-state index in [9.17, 15) is 13.2 Å². The fourth-order valence-corrected chi connectivity index (χ4v) is 7.31. The van der Waals surface area contributed by atoms with Crippen molar-refractivity contribution in [1.82, 2.24) is 18.9 Å². The number of allylic oxidation sites excluding steroid dienone is 2. The van der Waals surface area contributed by atoms with Gasteiger partial charge in [0.05, 0.1) is 34.8 Å². The second kappa shape index (κ2) is 9.53. The van der Waals surface area contributed by atoms with Gasteiger partial charge in [-0.2, -0.15) is 0 Å². The van der Waals surface area contributed by atoms with Crippen LogP contribution in [0.2, 0.25) is 5.02 Å². The summed E-state index contributed by atoms with van der Waals surface area (Å²) >= 11 is 6.23. The number of nitrogens with zero attached hydrogens (tertiary/aromatic N) is 4. The van der Waals surface area contributed by atoms with Crippen LogP contribution < -0.4 is 0 Å². The Morgan fingerprint density at radius 3 is 2.64 bits per heavy atom. The lowest BCUT2D eigenvalue weighted by atomic mass is 9.80. The van der Waals surface area contributed by atoms with E-state index in [1.807, 2.05) is 13.0 Å². The zero-order valence-corrected chi connectivity index (χ0v) is 22.7. The van der Waals surface area contributed by atoms with Crippen LogP contribution in [-0.4, -0.2) is 40.4 Å². The van der Waals surface area contributed by atoms with Crippen LogP contribution >= 0.6 is 11.6 Å². The average Bonchev–Trinajstić information content (AvgIpc) is 3.63. The summed E-state index contributed by atoms with van der Waals surface area (Å²) in [4.78, 5) is 25.6. The van der Waals surface area contributed by atoms with E-state index < -0.39 is 15.8 Å². The predicted molar refractivity (Wildman–Crippen MR) is 143 cm³/mol. The Bertz CT molecular complexity index is 1750. The first-order chi connectivity index (χ1) is 18.7. The molecule has 1 fully saturated rings. The maximum absolute atomic E-state index is 15.0. The highest BCUT2D eigenvalue weighted by atomic mass is 35.5. The number of fused-ring (bicyclic) bond motifs is 3. The van der Waals surface area contributed by atoms with E-state index in [1.165, 1.54) is 31.6 Å². The van der Waals surface area contributed by atoms with Crippen molar-refractivity contribution >= 4 is 38.6 Å². The summed E-state index contributed by atoms with van der Waals surface area (Å²) in [5.74, 6) is -1.11. The summed E-state index contributed by atoms with van der Waals surface area (Å²) < 4.78 is 48.3. The summed E-state index contributed by atoms with van der Waals surface area (Å²) in [5.41, 5.74) is 1.56. The molecule has 0 saturated heterocycles. The number of aromatic nitrogens is 4. The van der Waals surface area contributed by atoms with Crippen LogP contribution in [0.3, 0.4) is 0 Å². The predicted octanol–water partition coefficient (Wildman–Crippen LogP) is 4.99. The van der Waals surface area contributed by atoms with Crippen molar-refractivity contribution in [2.75, 3.05) is 7.11 Å². The van der Waals surface area contributed by atoms with E-state index in [4.69, 9.17) is 16.3 Å². The van der Waals surface area contributed by atoms with Gasteiger partial charge >= 0.3 is 5.97 Å². The highest BCUT2D eigenvalue weighted by Crippen LogP contribution is 2.49. The number of carbonyl (C=O) groups excluding carboxylic acids is 1. The zero-order chi connectivity index (χ0) is 27.5. The van der Waals surface area contributed by atoms with Gasteiger partial charge in [0.1, 0.15) is 0 Å². The van der Waals surface area contributed by atoms with Gasteiger partial charge in [-0.05, 0) is 55.7 Å². The molecule has 0 radical (unpaired) electrons. The van der Waals surface area contributed by atoms with Gasteiger partial charge in [-0.25, -0.2) is 31.7 Å². The third kappa shape index (κ3) is 4.31. The highest BCUT2D eigenvalue weighted by Gasteiger charge is 2.49. The fraction of sp³-hybridized carbons (Fsp3) is 0.286. The first kappa shape index (κ1) is 25.6. The average molecular weight is 567 g/mol. The van der Waals surface area contributed by atoms with E-state index in [-0.39, 0.29) is 58.1 Å². The normalized spacial score (nSPS) is 22.1. The fourth-order valence-electron chi connectivity index (χ4n) is 5.83. The van der Waals surface area contributed by atoms with Crippen molar-refractivity contribution < 1.29 is 22.3 Å². The molecule has 39 heavy (non-hydrogen) atoms. The number of pyridine rings is 1. The van der Waals surface area contributed by atoms with Crippen LogP contribution in [0.15, 0.2) is 66.0 Å². The minimum Gasteiger partial charge on any atom is -0.469 e. The quantitative estimate of drug-likeness (QED) is 0.239. The first-order valence-corrected chi connectivity index (χ1v) is 14.3. The third-order valence-corrected chi connectivity index (χ3v) is 9.61. The molecule has 0 aliphatic heterocycles. The lowest BCUT2D eigenvalue weighted by molar-refractivity contribution is -0.148.